The van der Waals surface area contributed by atoms with E-state index in [1.807, 2.05) is 0 Å². The van der Waals surface area contributed by atoms with Gasteiger partial charge in [-0.15, -0.1) is 0 Å². The molecular formula is C25H31F2N5O2. The zero-order valence-electron chi connectivity index (χ0n) is 19.5. The van der Waals surface area contributed by atoms with Crippen molar-refractivity contribution in [1.29, 1.82) is 0 Å². The summed E-state index contributed by atoms with van der Waals surface area (Å²) in [7, 11) is 0. The van der Waals surface area contributed by atoms with Crippen molar-refractivity contribution in [2.24, 2.45) is 16.6 Å². The van der Waals surface area contributed by atoms with Crippen LogP contribution in [0.25, 0.3) is 0 Å². The minimum atomic E-state index is -2.62. The number of aliphatic hydroxyl groups is 1. The highest BCUT2D eigenvalue weighted by Gasteiger charge is 2.36. The number of anilines is 2. The lowest BCUT2D eigenvalue weighted by Crippen LogP contribution is -2.28. The molecule has 0 aliphatic heterocycles. The molecule has 9 heteroatoms. The molecule has 0 atom stereocenters. The van der Waals surface area contributed by atoms with Crippen molar-refractivity contribution < 1.29 is 18.6 Å². The highest BCUT2D eigenvalue weighted by Crippen LogP contribution is 2.38. The standard InChI is InChI=1S/C25H31F2N5O2/c1-24(2,33)21-13-18(7-11-29-21)32-22-14-19(8-12-30-22)34-20(15-31-17-3-4-17)23(28)16-5-9-25(26,27)10-6-16/h7-8,11-17,33H,3-6,9-10,28H2,1-2H3,(H,29,30,32). The number of aromatic nitrogens is 2. The number of nitrogens with two attached hydrogens (primary N) is 1. The molecule has 2 heterocycles. The van der Waals surface area contributed by atoms with Crippen LogP contribution < -0.4 is 15.8 Å². The zero-order valence-corrected chi connectivity index (χ0v) is 19.5. The number of pyridine rings is 2. The zero-order chi connectivity index (χ0) is 24.3. The first-order chi connectivity index (χ1) is 16.1. The molecule has 0 radical (unpaired) electrons. The molecule has 4 N–H and O–H groups in total. The van der Waals surface area contributed by atoms with E-state index in [1.165, 1.54) is 0 Å². The molecule has 2 aliphatic carbocycles. The second-order valence-corrected chi connectivity index (χ2v) is 9.55. The van der Waals surface area contributed by atoms with Crippen LogP contribution in [0.3, 0.4) is 0 Å². The number of hydrogen-bond acceptors (Lipinski definition) is 7. The van der Waals surface area contributed by atoms with Gasteiger partial charge in [-0.05, 0) is 57.7 Å². The lowest BCUT2D eigenvalue weighted by Gasteiger charge is -2.29. The predicted molar refractivity (Wildman–Crippen MR) is 127 cm³/mol. The maximum atomic E-state index is 13.6. The summed E-state index contributed by atoms with van der Waals surface area (Å²) in [6, 6.07) is 7.22. The van der Waals surface area contributed by atoms with Crippen LogP contribution in [0.5, 0.6) is 5.75 Å². The first kappa shape index (κ1) is 24.1. The fourth-order valence-electron chi connectivity index (χ4n) is 3.77. The molecule has 0 saturated heterocycles. The van der Waals surface area contributed by atoms with Gasteiger partial charge in [-0.2, -0.15) is 0 Å². The third-order valence-corrected chi connectivity index (χ3v) is 6.01. The van der Waals surface area contributed by atoms with E-state index >= 15 is 0 Å². The number of nitrogens with one attached hydrogen (secondary N) is 1. The Bertz CT molecular complexity index is 1070. The summed E-state index contributed by atoms with van der Waals surface area (Å²) in [5.74, 6) is -1.37. The van der Waals surface area contributed by atoms with Crippen molar-refractivity contribution in [1.82, 2.24) is 9.97 Å². The quantitative estimate of drug-likeness (QED) is 0.367. The van der Waals surface area contributed by atoms with Gasteiger partial charge in [0.25, 0.3) is 0 Å². The van der Waals surface area contributed by atoms with E-state index < -0.39 is 11.5 Å². The van der Waals surface area contributed by atoms with Crippen LogP contribution >= 0.6 is 0 Å². The normalized spacial score (nSPS) is 19.7. The maximum absolute atomic E-state index is 13.6. The number of hydrogen-bond donors (Lipinski definition) is 3. The van der Waals surface area contributed by atoms with Gasteiger partial charge in [-0.1, -0.05) is 0 Å². The van der Waals surface area contributed by atoms with Crippen LogP contribution in [0.1, 0.15) is 58.1 Å². The van der Waals surface area contributed by atoms with Crippen LogP contribution in [0, 0.1) is 5.92 Å². The molecule has 7 nitrogen and oxygen atoms in total. The Labute approximate surface area is 198 Å². The molecule has 4 rings (SSSR count). The summed E-state index contributed by atoms with van der Waals surface area (Å²) in [6.45, 7) is 3.33. The highest BCUT2D eigenvalue weighted by atomic mass is 19.3. The summed E-state index contributed by atoms with van der Waals surface area (Å²) in [5.41, 5.74) is 7.03. The van der Waals surface area contributed by atoms with E-state index in [0.717, 1.165) is 12.8 Å². The van der Waals surface area contributed by atoms with Gasteiger partial charge in [-0.25, -0.2) is 13.8 Å². The van der Waals surface area contributed by atoms with Gasteiger partial charge >= 0.3 is 0 Å². The average molecular weight is 472 g/mol. The molecule has 0 aromatic carbocycles. The Morgan fingerprint density at radius 3 is 2.56 bits per heavy atom. The first-order valence-electron chi connectivity index (χ1n) is 11.6. The summed E-state index contributed by atoms with van der Waals surface area (Å²) in [6.07, 6.45) is 7.19. The number of allylic oxidation sites excluding steroid dienone is 2. The number of halogens is 2. The Balaban J connectivity index is 1.53. The lowest BCUT2D eigenvalue weighted by molar-refractivity contribution is -0.0424. The maximum Gasteiger partial charge on any atom is 0.248 e. The van der Waals surface area contributed by atoms with Crippen LogP contribution in [-0.2, 0) is 5.60 Å². The van der Waals surface area contributed by atoms with Gasteiger partial charge in [-0.3, -0.25) is 9.98 Å². The molecule has 0 bridgehead atoms. The van der Waals surface area contributed by atoms with Crippen LogP contribution in [0.15, 0.2) is 53.1 Å². The van der Waals surface area contributed by atoms with Crippen LogP contribution in [0.4, 0.5) is 20.3 Å². The van der Waals surface area contributed by atoms with E-state index in [2.05, 4.69) is 20.3 Å². The minimum absolute atomic E-state index is 0.170. The Hall–Kier alpha value is -3.07. The van der Waals surface area contributed by atoms with E-state index in [4.69, 9.17) is 10.5 Å². The van der Waals surface area contributed by atoms with Gasteiger partial charge in [0.05, 0.1) is 23.6 Å². The van der Waals surface area contributed by atoms with Gasteiger partial charge in [0.1, 0.15) is 17.2 Å². The number of aliphatic imine (C=N–C) groups is 1. The van der Waals surface area contributed by atoms with E-state index in [1.54, 1.807) is 56.7 Å². The Morgan fingerprint density at radius 2 is 1.88 bits per heavy atom. The molecule has 0 amide bonds. The minimum Gasteiger partial charge on any atom is -0.454 e. The van der Waals surface area contributed by atoms with Crippen LogP contribution in [-0.4, -0.2) is 33.3 Å². The average Bonchev–Trinajstić information content (AvgIpc) is 3.61. The number of alkyl halides is 2. The van der Waals surface area contributed by atoms with Crippen molar-refractivity contribution in [3.63, 3.8) is 0 Å². The van der Waals surface area contributed by atoms with Crippen molar-refractivity contribution in [3.05, 3.63) is 53.8 Å². The van der Waals surface area contributed by atoms with E-state index in [9.17, 15) is 13.9 Å². The second-order valence-electron chi connectivity index (χ2n) is 9.55. The molecule has 2 aromatic rings. The fourth-order valence-corrected chi connectivity index (χ4v) is 3.77. The monoisotopic (exact) mass is 471 g/mol. The summed E-state index contributed by atoms with van der Waals surface area (Å²) < 4.78 is 33.3. The molecule has 2 fully saturated rings. The van der Waals surface area contributed by atoms with E-state index in [-0.39, 0.29) is 24.8 Å². The molecule has 2 aromatic heterocycles. The lowest BCUT2D eigenvalue weighted by atomic mass is 9.84. The molecule has 2 saturated carbocycles. The third-order valence-electron chi connectivity index (χ3n) is 6.01. The molecule has 2 aliphatic rings. The molecule has 34 heavy (non-hydrogen) atoms. The highest BCUT2D eigenvalue weighted by molar-refractivity contribution is 5.78. The number of ether oxygens (including phenoxy) is 1. The van der Waals surface area contributed by atoms with E-state index in [0.29, 0.717) is 47.2 Å². The van der Waals surface area contributed by atoms with Gasteiger partial charge in [0.2, 0.25) is 5.92 Å². The summed E-state index contributed by atoms with van der Waals surface area (Å²) >= 11 is 0. The number of rotatable bonds is 8. The topological polar surface area (TPSA) is 106 Å². The smallest absolute Gasteiger partial charge is 0.248 e. The van der Waals surface area contributed by atoms with Gasteiger partial charge < -0.3 is 20.9 Å². The van der Waals surface area contributed by atoms with Crippen molar-refractivity contribution in [2.45, 2.75) is 69.9 Å². The molecule has 0 spiro atoms. The van der Waals surface area contributed by atoms with Crippen molar-refractivity contribution in [3.8, 4) is 5.75 Å². The molecular weight excluding hydrogens is 440 g/mol. The largest absolute Gasteiger partial charge is 0.454 e. The van der Waals surface area contributed by atoms with Crippen LogP contribution in [0.2, 0.25) is 0 Å². The summed E-state index contributed by atoms with van der Waals surface area (Å²) in [4.78, 5) is 13.0. The Morgan fingerprint density at radius 1 is 1.18 bits per heavy atom. The summed E-state index contributed by atoms with van der Waals surface area (Å²) in [5, 5.41) is 13.4. The second kappa shape index (κ2) is 9.66. The third kappa shape index (κ3) is 6.50. The molecule has 182 valence electrons. The van der Waals surface area contributed by atoms with Crippen molar-refractivity contribution >= 4 is 17.7 Å². The van der Waals surface area contributed by atoms with Crippen molar-refractivity contribution in [2.75, 3.05) is 5.32 Å². The predicted octanol–water partition coefficient (Wildman–Crippen LogP) is 5.06. The Kier molecular flexibility index (Phi) is 6.84. The first-order valence-corrected chi connectivity index (χ1v) is 11.6. The fraction of sp³-hybridized carbons (Fsp3) is 0.480. The van der Waals surface area contributed by atoms with Gasteiger partial charge in [0, 0.05) is 42.9 Å². The van der Waals surface area contributed by atoms with Gasteiger partial charge in [0.15, 0.2) is 5.76 Å². The molecule has 0 unspecified atom stereocenters. The number of nitrogens with zero attached hydrogens (tertiary/aromatic N) is 3. The SMILES string of the molecule is CC(C)(O)c1cc(Nc2cc(OC(C=NC3CC3)=C(N)C3CCC(F)(F)CC3)ccn2)ccn1.